The summed E-state index contributed by atoms with van der Waals surface area (Å²) in [6.45, 7) is 2.35. The van der Waals surface area contributed by atoms with Crippen LogP contribution in [0.4, 0.5) is 8.78 Å². The largest absolute Gasteiger partial charge is 0.426 e. The van der Waals surface area contributed by atoms with Crippen LogP contribution in [0.2, 0.25) is 0 Å². The highest BCUT2D eigenvalue weighted by Crippen LogP contribution is 2.43. The molecule has 0 unspecified atom stereocenters. The zero-order valence-corrected chi connectivity index (χ0v) is 18.9. The van der Waals surface area contributed by atoms with Crippen LogP contribution in [-0.2, 0) is 4.79 Å². The van der Waals surface area contributed by atoms with E-state index in [-0.39, 0.29) is 17.6 Å². The Labute approximate surface area is 190 Å². The van der Waals surface area contributed by atoms with Gasteiger partial charge in [0.05, 0.1) is 5.92 Å². The van der Waals surface area contributed by atoms with E-state index >= 15 is 0 Å². The summed E-state index contributed by atoms with van der Waals surface area (Å²) in [6.07, 6.45) is 10.3. The van der Waals surface area contributed by atoms with Crippen LogP contribution >= 0.6 is 0 Å². The fraction of sp³-hybridized carbons (Fsp3) is 0.536. The van der Waals surface area contributed by atoms with Gasteiger partial charge in [-0.05, 0) is 86.3 Å². The zero-order chi connectivity index (χ0) is 22.5. The Kier molecular flexibility index (Phi) is 7.59. The summed E-state index contributed by atoms with van der Waals surface area (Å²) in [5, 5.41) is 0. The van der Waals surface area contributed by atoms with Crippen molar-refractivity contribution >= 4 is 5.97 Å². The summed E-state index contributed by atoms with van der Waals surface area (Å²) >= 11 is 0. The third kappa shape index (κ3) is 5.76. The van der Waals surface area contributed by atoms with Gasteiger partial charge in [-0.15, -0.1) is 0 Å². The minimum absolute atomic E-state index is 0.0825. The van der Waals surface area contributed by atoms with Crippen LogP contribution in [0.1, 0.15) is 76.2 Å². The molecule has 32 heavy (non-hydrogen) atoms. The van der Waals surface area contributed by atoms with Crippen molar-refractivity contribution in [2.24, 2.45) is 23.7 Å². The molecule has 0 N–H and O–H groups in total. The number of hydrogen-bond acceptors (Lipinski definition) is 2. The van der Waals surface area contributed by atoms with Crippen molar-refractivity contribution in [3.05, 3.63) is 65.7 Å². The number of halogens is 2. The molecule has 0 aliphatic heterocycles. The minimum atomic E-state index is -0.993. The molecule has 172 valence electrons. The first-order valence-corrected chi connectivity index (χ1v) is 12.2. The van der Waals surface area contributed by atoms with E-state index in [2.05, 4.69) is 37.3 Å². The number of ether oxygens (including phenoxy) is 1. The highest BCUT2D eigenvalue weighted by Gasteiger charge is 2.34. The van der Waals surface area contributed by atoms with Crippen LogP contribution in [-0.4, -0.2) is 5.97 Å². The second kappa shape index (κ2) is 10.6. The van der Waals surface area contributed by atoms with Gasteiger partial charge in [-0.1, -0.05) is 50.1 Å². The molecule has 2 nitrogen and oxygen atoms in total. The first-order chi connectivity index (χ1) is 15.5. The molecule has 0 amide bonds. The summed E-state index contributed by atoms with van der Waals surface area (Å²) in [4.78, 5) is 12.5. The van der Waals surface area contributed by atoms with Crippen LogP contribution in [0.5, 0.6) is 5.75 Å². The van der Waals surface area contributed by atoms with Crippen molar-refractivity contribution < 1.29 is 18.3 Å². The standard InChI is InChI=1S/C28H34F2O2/c1-19(21-5-3-2-4-6-21)17-20-7-9-22(10-8-20)23-11-13-24(14-12-23)28(31)32-25-15-16-26(29)27(30)18-25/h2-6,15-16,18-20,22-24H,7-14,17H2,1H3/t19-,20?,22?,23?,24?/m0/s1. The molecule has 2 aromatic rings. The molecule has 0 spiro atoms. The molecule has 2 fully saturated rings. The summed E-state index contributed by atoms with van der Waals surface area (Å²) in [5.41, 5.74) is 1.45. The van der Waals surface area contributed by atoms with Gasteiger partial charge in [0, 0.05) is 6.07 Å². The monoisotopic (exact) mass is 440 g/mol. The second-order valence-corrected chi connectivity index (χ2v) is 9.94. The number of benzene rings is 2. The van der Waals surface area contributed by atoms with Gasteiger partial charge < -0.3 is 4.74 Å². The maximum atomic E-state index is 13.3. The van der Waals surface area contributed by atoms with E-state index < -0.39 is 11.6 Å². The van der Waals surface area contributed by atoms with E-state index in [1.165, 1.54) is 43.7 Å². The quantitative estimate of drug-likeness (QED) is 0.340. The molecule has 0 heterocycles. The van der Waals surface area contributed by atoms with E-state index in [4.69, 9.17) is 4.74 Å². The van der Waals surface area contributed by atoms with E-state index in [1.54, 1.807) is 0 Å². The van der Waals surface area contributed by atoms with E-state index in [1.807, 2.05) is 0 Å². The Morgan fingerprint density at radius 2 is 1.50 bits per heavy atom. The van der Waals surface area contributed by atoms with Crippen molar-refractivity contribution in [2.75, 3.05) is 0 Å². The molecule has 0 radical (unpaired) electrons. The number of rotatable bonds is 6. The van der Waals surface area contributed by atoms with Gasteiger partial charge in [-0.2, -0.15) is 0 Å². The lowest BCUT2D eigenvalue weighted by Crippen LogP contribution is -2.30. The van der Waals surface area contributed by atoms with Crippen LogP contribution < -0.4 is 4.74 Å². The van der Waals surface area contributed by atoms with Gasteiger partial charge in [0.2, 0.25) is 0 Å². The molecule has 2 saturated carbocycles. The number of esters is 1. The molecule has 1 atom stereocenters. The van der Waals surface area contributed by atoms with Gasteiger partial charge in [-0.3, -0.25) is 4.79 Å². The van der Waals surface area contributed by atoms with Gasteiger partial charge in [0.25, 0.3) is 0 Å². The summed E-state index contributed by atoms with van der Waals surface area (Å²) in [6, 6.07) is 14.1. The number of carbonyl (C=O) groups is 1. The van der Waals surface area contributed by atoms with E-state index in [9.17, 15) is 13.6 Å². The lowest BCUT2D eigenvalue weighted by Gasteiger charge is -2.38. The van der Waals surface area contributed by atoms with Crippen molar-refractivity contribution in [2.45, 2.75) is 70.6 Å². The SMILES string of the molecule is C[C@@H](CC1CCC(C2CCC(C(=O)Oc3ccc(F)c(F)c3)CC2)CC1)c1ccccc1. The average molecular weight is 441 g/mol. The Morgan fingerprint density at radius 3 is 2.12 bits per heavy atom. The first kappa shape index (κ1) is 22.9. The van der Waals surface area contributed by atoms with Crippen molar-refractivity contribution in [3.8, 4) is 5.75 Å². The zero-order valence-electron chi connectivity index (χ0n) is 18.9. The molecule has 2 aliphatic rings. The van der Waals surface area contributed by atoms with Crippen LogP contribution in [0.15, 0.2) is 48.5 Å². The predicted octanol–water partition coefficient (Wildman–Crippen LogP) is 7.68. The predicted molar refractivity (Wildman–Crippen MR) is 122 cm³/mol. The van der Waals surface area contributed by atoms with E-state index in [0.717, 1.165) is 49.7 Å². The van der Waals surface area contributed by atoms with Gasteiger partial charge in [0.1, 0.15) is 5.75 Å². The van der Waals surface area contributed by atoms with Gasteiger partial charge >= 0.3 is 5.97 Å². The van der Waals surface area contributed by atoms with Crippen LogP contribution in [0.25, 0.3) is 0 Å². The lowest BCUT2D eigenvalue weighted by atomic mass is 9.68. The molecule has 0 aromatic heterocycles. The Balaban J connectivity index is 1.19. The summed E-state index contributed by atoms with van der Waals surface area (Å²) < 4.78 is 31.7. The summed E-state index contributed by atoms with van der Waals surface area (Å²) in [7, 11) is 0. The van der Waals surface area contributed by atoms with Crippen LogP contribution in [0, 0.1) is 35.3 Å². The highest BCUT2D eigenvalue weighted by molar-refractivity contribution is 5.75. The smallest absolute Gasteiger partial charge is 0.314 e. The molecule has 2 aliphatic carbocycles. The third-order valence-corrected chi connectivity index (χ3v) is 7.83. The number of hydrogen-bond donors (Lipinski definition) is 0. The Bertz CT molecular complexity index is 882. The van der Waals surface area contributed by atoms with Crippen molar-refractivity contribution in [1.29, 1.82) is 0 Å². The maximum absolute atomic E-state index is 13.3. The Hall–Kier alpha value is -2.23. The lowest BCUT2D eigenvalue weighted by molar-refractivity contribution is -0.140. The third-order valence-electron chi connectivity index (χ3n) is 7.83. The summed E-state index contributed by atoms with van der Waals surface area (Å²) in [5.74, 6) is 0.630. The van der Waals surface area contributed by atoms with Gasteiger partial charge in [0.15, 0.2) is 11.6 Å². The van der Waals surface area contributed by atoms with Crippen LogP contribution in [0.3, 0.4) is 0 Å². The van der Waals surface area contributed by atoms with Crippen molar-refractivity contribution in [1.82, 2.24) is 0 Å². The molecule has 4 rings (SSSR count). The number of carbonyl (C=O) groups excluding carboxylic acids is 1. The first-order valence-electron chi connectivity index (χ1n) is 12.2. The Morgan fingerprint density at radius 1 is 0.875 bits per heavy atom. The second-order valence-electron chi connectivity index (χ2n) is 9.94. The molecule has 2 aromatic carbocycles. The molecule has 0 bridgehead atoms. The fourth-order valence-corrected chi connectivity index (χ4v) is 5.88. The molecular weight excluding hydrogens is 406 g/mol. The van der Waals surface area contributed by atoms with Gasteiger partial charge in [-0.25, -0.2) is 8.78 Å². The minimum Gasteiger partial charge on any atom is -0.426 e. The normalized spacial score (nSPS) is 27.0. The molecular formula is C28H34F2O2. The van der Waals surface area contributed by atoms with E-state index in [0.29, 0.717) is 11.8 Å². The van der Waals surface area contributed by atoms with Crippen molar-refractivity contribution in [3.63, 3.8) is 0 Å². The fourth-order valence-electron chi connectivity index (χ4n) is 5.88. The highest BCUT2D eigenvalue weighted by atomic mass is 19.2. The topological polar surface area (TPSA) is 26.3 Å². The molecule has 4 heteroatoms. The molecule has 0 saturated heterocycles. The maximum Gasteiger partial charge on any atom is 0.314 e. The average Bonchev–Trinajstić information content (AvgIpc) is 2.82.